The summed E-state index contributed by atoms with van der Waals surface area (Å²) < 4.78 is 5.14. The van der Waals surface area contributed by atoms with Gasteiger partial charge in [0.2, 0.25) is 5.91 Å². The summed E-state index contributed by atoms with van der Waals surface area (Å²) in [6.07, 6.45) is 0.513. The molecular weight excluding hydrogens is 306 g/mol. The zero-order valence-corrected chi connectivity index (χ0v) is 14.7. The molecule has 0 fully saturated rings. The first-order chi connectivity index (χ1) is 11.1. The minimum Gasteiger partial charge on any atom is -0.497 e. The summed E-state index contributed by atoms with van der Waals surface area (Å²) >= 11 is 1.71. The van der Waals surface area contributed by atoms with Crippen LogP contribution in [0, 0.1) is 6.92 Å². The standard InChI is InChI=1S/C19H23NO2S/c1-14-4-10-18(11-5-14)23-13-12-19(21)20-15(2)16-6-8-17(22-3)9-7-16/h4-11,15H,12-13H2,1-3H3,(H,20,21)/t15-/m0/s1. The Morgan fingerprint density at radius 2 is 1.78 bits per heavy atom. The van der Waals surface area contributed by atoms with Crippen LogP contribution in [-0.4, -0.2) is 18.8 Å². The van der Waals surface area contributed by atoms with Crippen molar-refractivity contribution in [1.82, 2.24) is 5.32 Å². The second-order valence-electron chi connectivity index (χ2n) is 5.47. The average Bonchev–Trinajstić information content (AvgIpc) is 2.56. The van der Waals surface area contributed by atoms with E-state index in [-0.39, 0.29) is 11.9 Å². The normalized spacial score (nSPS) is 11.8. The Morgan fingerprint density at radius 1 is 1.13 bits per heavy atom. The van der Waals surface area contributed by atoms with Crippen LogP contribution in [0.5, 0.6) is 5.75 Å². The van der Waals surface area contributed by atoms with Crippen LogP contribution in [0.15, 0.2) is 53.4 Å². The number of carbonyl (C=O) groups is 1. The highest BCUT2D eigenvalue weighted by molar-refractivity contribution is 7.99. The predicted octanol–water partition coefficient (Wildman–Crippen LogP) is 4.36. The van der Waals surface area contributed by atoms with E-state index in [9.17, 15) is 4.79 Å². The number of methoxy groups -OCH3 is 1. The van der Waals surface area contributed by atoms with Gasteiger partial charge in [-0.05, 0) is 43.7 Å². The Balaban J connectivity index is 1.76. The molecule has 4 heteroatoms. The molecule has 0 heterocycles. The highest BCUT2D eigenvalue weighted by atomic mass is 32.2. The van der Waals surface area contributed by atoms with Gasteiger partial charge in [0.1, 0.15) is 5.75 Å². The topological polar surface area (TPSA) is 38.3 Å². The van der Waals surface area contributed by atoms with E-state index in [1.165, 1.54) is 10.5 Å². The van der Waals surface area contributed by atoms with Gasteiger partial charge < -0.3 is 10.1 Å². The van der Waals surface area contributed by atoms with E-state index >= 15 is 0 Å². The maximum absolute atomic E-state index is 12.0. The molecule has 0 bridgehead atoms. The monoisotopic (exact) mass is 329 g/mol. The largest absolute Gasteiger partial charge is 0.497 e. The van der Waals surface area contributed by atoms with Crippen LogP contribution in [0.2, 0.25) is 0 Å². The number of carbonyl (C=O) groups excluding carboxylic acids is 1. The summed E-state index contributed by atoms with van der Waals surface area (Å²) in [7, 11) is 1.64. The molecule has 0 aliphatic heterocycles. The number of thioether (sulfide) groups is 1. The number of benzene rings is 2. The summed E-state index contributed by atoms with van der Waals surface area (Å²) in [6, 6.07) is 16.1. The first-order valence-corrected chi connectivity index (χ1v) is 8.70. The number of aryl methyl sites for hydroxylation is 1. The second-order valence-corrected chi connectivity index (χ2v) is 6.64. The number of amides is 1. The van der Waals surface area contributed by atoms with Gasteiger partial charge >= 0.3 is 0 Å². The molecule has 1 N–H and O–H groups in total. The summed E-state index contributed by atoms with van der Waals surface area (Å²) in [5, 5.41) is 3.04. The van der Waals surface area contributed by atoms with Crippen molar-refractivity contribution >= 4 is 17.7 Å². The predicted molar refractivity (Wildman–Crippen MR) is 96.1 cm³/mol. The van der Waals surface area contributed by atoms with Gasteiger partial charge in [-0.25, -0.2) is 0 Å². The summed E-state index contributed by atoms with van der Waals surface area (Å²) in [5.74, 6) is 1.68. The highest BCUT2D eigenvalue weighted by Gasteiger charge is 2.09. The fourth-order valence-corrected chi connectivity index (χ4v) is 3.04. The quantitative estimate of drug-likeness (QED) is 0.767. The smallest absolute Gasteiger partial charge is 0.221 e. The molecule has 0 aliphatic rings. The van der Waals surface area contributed by atoms with E-state index in [1.807, 2.05) is 31.2 Å². The number of rotatable bonds is 7. The Kier molecular flexibility index (Phi) is 6.53. The summed E-state index contributed by atoms with van der Waals surface area (Å²) in [4.78, 5) is 13.2. The van der Waals surface area contributed by atoms with Crippen LogP contribution in [0.1, 0.15) is 30.5 Å². The van der Waals surface area contributed by atoms with Crippen molar-refractivity contribution in [2.75, 3.05) is 12.9 Å². The van der Waals surface area contributed by atoms with E-state index in [1.54, 1.807) is 18.9 Å². The lowest BCUT2D eigenvalue weighted by Gasteiger charge is -2.14. The fourth-order valence-electron chi connectivity index (χ4n) is 2.19. The molecule has 122 valence electrons. The van der Waals surface area contributed by atoms with Crippen molar-refractivity contribution in [2.24, 2.45) is 0 Å². The van der Waals surface area contributed by atoms with Gasteiger partial charge in [0.15, 0.2) is 0 Å². The van der Waals surface area contributed by atoms with Gasteiger partial charge in [-0.1, -0.05) is 29.8 Å². The molecule has 0 unspecified atom stereocenters. The molecule has 0 aliphatic carbocycles. The third kappa shape index (κ3) is 5.64. The third-order valence-corrected chi connectivity index (χ3v) is 4.63. The zero-order valence-electron chi connectivity index (χ0n) is 13.8. The lowest BCUT2D eigenvalue weighted by molar-refractivity contribution is -0.121. The third-order valence-electron chi connectivity index (χ3n) is 3.61. The van der Waals surface area contributed by atoms with Gasteiger partial charge in [0, 0.05) is 17.1 Å². The van der Waals surface area contributed by atoms with Crippen molar-refractivity contribution in [3.05, 3.63) is 59.7 Å². The van der Waals surface area contributed by atoms with Crippen LogP contribution < -0.4 is 10.1 Å². The maximum atomic E-state index is 12.0. The Morgan fingerprint density at radius 3 is 2.39 bits per heavy atom. The zero-order chi connectivity index (χ0) is 16.7. The number of ether oxygens (including phenoxy) is 1. The highest BCUT2D eigenvalue weighted by Crippen LogP contribution is 2.20. The molecule has 2 aromatic rings. The Hall–Kier alpha value is -1.94. The Bertz CT molecular complexity index is 623. The number of hydrogen-bond donors (Lipinski definition) is 1. The summed E-state index contributed by atoms with van der Waals surface area (Å²) in [5.41, 5.74) is 2.32. The molecule has 23 heavy (non-hydrogen) atoms. The van der Waals surface area contributed by atoms with Crippen LogP contribution in [0.25, 0.3) is 0 Å². The van der Waals surface area contributed by atoms with Crippen molar-refractivity contribution in [3.63, 3.8) is 0 Å². The maximum Gasteiger partial charge on any atom is 0.221 e. The minimum atomic E-state index is -0.00205. The first kappa shape index (κ1) is 17.4. The van der Waals surface area contributed by atoms with Crippen molar-refractivity contribution in [2.45, 2.75) is 31.2 Å². The van der Waals surface area contributed by atoms with E-state index in [0.29, 0.717) is 6.42 Å². The summed E-state index contributed by atoms with van der Waals surface area (Å²) in [6.45, 7) is 4.06. The van der Waals surface area contributed by atoms with Crippen LogP contribution in [-0.2, 0) is 4.79 Å². The van der Waals surface area contributed by atoms with Gasteiger partial charge in [-0.2, -0.15) is 0 Å². The molecule has 0 radical (unpaired) electrons. The molecule has 2 aromatic carbocycles. The molecule has 0 saturated heterocycles. The number of hydrogen-bond acceptors (Lipinski definition) is 3. The van der Waals surface area contributed by atoms with E-state index in [0.717, 1.165) is 17.1 Å². The van der Waals surface area contributed by atoms with Gasteiger partial charge in [-0.15, -0.1) is 11.8 Å². The van der Waals surface area contributed by atoms with E-state index in [2.05, 4.69) is 36.5 Å². The minimum absolute atomic E-state index is 0.00205. The van der Waals surface area contributed by atoms with Crippen molar-refractivity contribution in [1.29, 1.82) is 0 Å². The second kappa shape index (κ2) is 8.63. The molecule has 1 amide bonds. The average molecular weight is 329 g/mol. The molecule has 0 saturated carbocycles. The SMILES string of the molecule is COc1ccc([C@H](C)NC(=O)CCSc2ccc(C)cc2)cc1. The molecule has 0 spiro atoms. The first-order valence-electron chi connectivity index (χ1n) is 7.71. The lowest BCUT2D eigenvalue weighted by atomic mass is 10.1. The molecule has 1 atom stereocenters. The van der Waals surface area contributed by atoms with E-state index < -0.39 is 0 Å². The fraction of sp³-hybridized carbons (Fsp3) is 0.316. The molecular formula is C19H23NO2S. The number of nitrogens with one attached hydrogen (secondary N) is 1. The van der Waals surface area contributed by atoms with Crippen molar-refractivity contribution < 1.29 is 9.53 Å². The van der Waals surface area contributed by atoms with Crippen LogP contribution in [0.4, 0.5) is 0 Å². The van der Waals surface area contributed by atoms with E-state index in [4.69, 9.17) is 4.74 Å². The van der Waals surface area contributed by atoms with Gasteiger partial charge in [0.25, 0.3) is 0 Å². The molecule has 3 nitrogen and oxygen atoms in total. The van der Waals surface area contributed by atoms with Gasteiger partial charge in [-0.3, -0.25) is 4.79 Å². The Labute approximate surface area is 142 Å². The van der Waals surface area contributed by atoms with Crippen molar-refractivity contribution in [3.8, 4) is 5.75 Å². The molecule has 2 rings (SSSR count). The van der Waals surface area contributed by atoms with Gasteiger partial charge in [0.05, 0.1) is 13.2 Å². The molecule has 0 aromatic heterocycles. The lowest BCUT2D eigenvalue weighted by Crippen LogP contribution is -2.26. The van der Waals surface area contributed by atoms with Crippen LogP contribution >= 0.6 is 11.8 Å². The van der Waals surface area contributed by atoms with Crippen LogP contribution in [0.3, 0.4) is 0 Å².